The van der Waals surface area contributed by atoms with E-state index < -0.39 is 0 Å². The van der Waals surface area contributed by atoms with E-state index >= 15 is 0 Å². The van der Waals surface area contributed by atoms with Crippen LogP contribution in [0.1, 0.15) is 23.2 Å². The molecule has 0 spiro atoms. The fourth-order valence-electron chi connectivity index (χ4n) is 4.19. The molecular formula is C24H19BCl3N5O. The van der Waals surface area contributed by atoms with Crippen molar-refractivity contribution in [2.75, 3.05) is 18.4 Å². The number of halogens is 3. The van der Waals surface area contributed by atoms with Crippen LogP contribution >= 0.6 is 34.8 Å². The first-order valence-electron chi connectivity index (χ1n) is 10.8. The maximum Gasteiger partial charge on any atom is 0.253 e. The van der Waals surface area contributed by atoms with Crippen molar-refractivity contribution in [3.8, 4) is 11.3 Å². The highest BCUT2D eigenvalue weighted by Gasteiger charge is 2.25. The van der Waals surface area contributed by atoms with Crippen molar-refractivity contribution >= 4 is 65.5 Å². The van der Waals surface area contributed by atoms with E-state index in [0.717, 1.165) is 24.2 Å². The van der Waals surface area contributed by atoms with Gasteiger partial charge in [0.25, 0.3) is 5.91 Å². The van der Waals surface area contributed by atoms with Gasteiger partial charge in [0.15, 0.2) is 5.65 Å². The molecule has 6 nitrogen and oxygen atoms in total. The first-order chi connectivity index (χ1) is 16.4. The molecule has 1 N–H and O–H groups in total. The van der Waals surface area contributed by atoms with Crippen molar-refractivity contribution in [1.29, 1.82) is 0 Å². The van der Waals surface area contributed by atoms with E-state index in [1.54, 1.807) is 28.9 Å². The van der Waals surface area contributed by atoms with Gasteiger partial charge in [-0.1, -0.05) is 53.0 Å². The predicted molar refractivity (Wildman–Crippen MR) is 138 cm³/mol. The summed E-state index contributed by atoms with van der Waals surface area (Å²) in [5.74, 6) is 0.693. The number of rotatable bonds is 4. The lowest BCUT2D eigenvalue weighted by atomic mass is 10.0. The van der Waals surface area contributed by atoms with Gasteiger partial charge in [-0.05, 0) is 42.6 Å². The smallest absolute Gasteiger partial charge is 0.253 e. The Labute approximate surface area is 213 Å². The number of piperidine rings is 1. The van der Waals surface area contributed by atoms with Crippen LogP contribution in [-0.4, -0.2) is 52.4 Å². The lowest BCUT2D eigenvalue weighted by Crippen LogP contribution is -2.42. The lowest BCUT2D eigenvalue weighted by molar-refractivity contribution is 0.0718. The van der Waals surface area contributed by atoms with E-state index in [0.29, 0.717) is 50.5 Å². The highest BCUT2D eigenvalue weighted by Crippen LogP contribution is 2.29. The summed E-state index contributed by atoms with van der Waals surface area (Å²) >= 11 is 18.5. The molecule has 0 saturated carbocycles. The molecule has 2 aromatic carbocycles. The predicted octanol–water partition coefficient (Wildman–Crippen LogP) is 4.87. The largest absolute Gasteiger partial charge is 0.367 e. The van der Waals surface area contributed by atoms with Gasteiger partial charge in [-0.15, -0.1) is 0 Å². The second-order valence-corrected chi connectivity index (χ2v) is 9.49. The monoisotopic (exact) mass is 509 g/mol. The van der Waals surface area contributed by atoms with Crippen molar-refractivity contribution in [2.45, 2.75) is 18.9 Å². The first-order valence-corrected chi connectivity index (χ1v) is 11.9. The second kappa shape index (κ2) is 9.49. The van der Waals surface area contributed by atoms with Gasteiger partial charge in [0.05, 0.1) is 5.69 Å². The zero-order valence-electron chi connectivity index (χ0n) is 18.0. The highest BCUT2D eigenvalue weighted by molar-refractivity contribution is 6.36. The molecule has 0 bridgehead atoms. The second-order valence-electron chi connectivity index (χ2n) is 8.21. The maximum atomic E-state index is 12.9. The molecule has 1 fully saturated rings. The number of likely N-dealkylation sites (tertiary alicyclic amines) is 1. The first kappa shape index (κ1) is 23.0. The Hall–Kier alpha value is -2.74. The Morgan fingerprint density at radius 3 is 2.44 bits per heavy atom. The molecule has 2 aromatic heterocycles. The van der Waals surface area contributed by atoms with Crippen LogP contribution in [0.3, 0.4) is 0 Å². The van der Waals surface area contributed by atoms with Crippen molar-refractivity contribution in [3.63, 3.8) is 0 Å². The standard InChI is InChI=1S/C24H19BCl3N5O/c25-19-13-29-33-22(12-21(31-23(19)33)18-3-1-2-4-20(18)28)30-17-5-7-32(8-6-17)24(34)14-9-15(26)11-16(27)10-14/h1-4,9-13,17,30H,5-8H2. The molecule has 1 amide bonds. The minimum Gasteiger partial charge on any atom is -0.367 e. The third kappa shape index (κ3) is 4.60. The van der Waals surface area contributed by atoms with E-state index in [1.165, 1.54) is 0 Å². The average Bonchev–Trinajstić information content (AvgIpc) is 3.20. The molecule has 10 heteroatoms. The van der Waals surface area contributed by atoms with Gasteiger partial charge in [-0.3, -0.25) is 4.79 Å². The molecule has 0 aliphatic carbocycles. The average molecular weight is 511 g/mol. The number of carbonyl (C=O) groups excluding carboxylic acids is 1. The zero-order chi connectivity index (χ0) is 23.8. The minimum atomic E-state index is -0.0741. The number of amides is 1. The Bertz CT molecular complexity index is 1360. The molecule has 1 aliphatic heterocycles. The number of benzene rings is 2. The number of anilines is 1. The van der Waals surface area contributed by atoms with Crippen molar-refractivity contribution in [1.82, 2.24) is 19.5 Å². The SMILES string of the molecule is [B]c1cnn2c(NC3CCN(C(=O)c4cc(Cl)cc(Cl)c4)CC3)cc(-c3ccccc3Cl)nc12. The molecule has 170 valence electrons. The Kier molecular flexibility index (Phi) is 6.43. The number of nitrogens with zero attached hydrogens (tertiary/aromatic N) is 4. The van der Waals surface area contributed by atoms with Crippen molar-refractivity contribution in [3.05, 3.63) is 75.4 Å². The summed E-state index contributed by atoms with van der Waals surface area (Å²) in [4.78, 5) is 19.4. The van der Waals surface area contributed by atoms with E-state index in [9.17, 15) is 4.79 Å². The molecule has 2 radical (unpaired) electrons. The maximum absolute atomic E-state index is 12.9. The molecule has 4 aromatic rings. The highest BCUT2D eigenvalue weighted by atomic mass is 35.5. The fraction of sp³-hybridized carbons (Fsp3) is 0.208. The van der Waals surface area contributed by atoms with Crippen LogP contribution in [0.25, 0.3) is 16.9 Å². The van der Waals surface area contributed by atoms with E-state index in [1.807, 2.05) is 35.2 Å². The van der Waals surface area contributed by atoms with E-state index in [-0.39, 0.29) is 11.9 Å². The quantitative estimate of drug-likeness (QED) is 0.398. The molecule has 1 saturated heterocycles. The molecular weight excluding hydrogens is 491 g/mol. The lowest BCUT2D eigenvalue weighted by Gasteiger charge is -2.33. The summed E-state index contributed by atoms with van der Waals surface area (Å²) in [5, 5.41) is 9.45. The third-order valence-electron chi connectivity index (χ3n) is 5.89. The summed E-state index contributed by atoms with van der Waals surface area (Å²) in [6.07, 6.45) is 3.12. The Morgan fingerprint density at radius 1 is 1.03 bits per heavy atom. The zero-order valence-corrected chi connectivity index (χ0v) is 20.3. The summed E-state index contributed by atoms with van der Waals surface area (Å²) in [7, 11) is 6.12. The van der Waals surface area contributed by atoms with Gasteiger partial charge in [0, 0.05) is 57.6 Å². The number of carbonyl (C=O) groups is 1. The molecule has 5 rings (SSSR count). The fourth-order valence-corrected chi connectivity index (χ4v) is 4.94. The van der Waals surface area contributed by atoms with E-state index in [4.69, 9.17) is 42.6 Å². The molecule has 1 aliphatic rings. The summed E-state index contributed by atoms with van der Waals surface area (Å²) in [6.45, 7) is 1.21. The van der Waals surface area contributed by atoms with Crippen LogP contribution in [0.4, 0.5) is 5.82 Å². The van der Waals surface area contributed by atoms with Gasteiger partial charge in [-0.2, -0.15) is 9.61 Å². The minimum absolute atomic E-state index is 0.0741. The van der Waals surface area contributed by atoms with E-state index in [2.05, 4.69) is 15.4 Å². The van der Waals surface area contributed by atoms with Crippen molar-refractivity contribution in [2.24, 2.45) is 0 Å². The van der Waals surface area contributed by atoms with Gasteiger partial charge >= 0.3 is 0 Å². The van der Waals surface area contributed by atoms with Crippen molar-refractivity contribution < 1.29 is 4.79 Å². The van der Waals surface area contributed by atoms with Gasteiger partial charge in [0.1, 0.15) is 13.7 Å². The summed E-state index contributed by atoms with van der Waals surface area (Å²) in [6, 6.07) is 14.5. The van der Waals surface area contributed by atoms with Gasteiger partial charge in [0.2, 0.25) is 0 Å². The number of aromatic nitrogens is 3. The molecule has 0 atom stereocenters. The molecule has 34 heavy (non-hydrogen) atoms. The van der Waals surface area contributed by atoms with Crippen LogP contribution < -0.4 is 10.8 Å². The summed E-state index contributed by atoms with van der Waals surface area (Å²) < 4.78 is 1.70. The molecule has 0 unspecified atom stereocenters. The van der Waals surface area contributed by atoms with Crippen LogP contribution in [0.2, 0.25) is 15.1 Å². The third-order valence-corrected chi connectivity index (χ3v) is 6.66. The topological polar surface area (TPSA) is 62.5 Å². The summed E-state index contributed by atoms with van der Waals surface area (Å²) in [5.41, 5.74) is 3.06. The number of fused-ring (bicyclic) bond motifs is 1. The van der Waals surface area contributed by atoms with Gasteiger partial charge in [-0.25, -0.2) is 4.98 Å². The van der Waals surface area contributed by atoms with Crippen LogP contribution in [0, 0.1) is 0 Å². The van der Waals surface area contributed by atoms with Crippen LogP contribution in [-0.2, 0) is 0 Å². The number of hydrogen-bond acceptors (Lipinski definition) is 4. The Morgan fingerprint density at radius 2 is 1.74 bits per heavy atom. The van der Waals surface area contributed by atoms with Crippen LogP contribution in [0.15, 0.2) is 54.7 Å². The number of hydrogen-bond donors (Lipinski definition) is 1. The number of nitrogens with one attached hydrogen (secondary N) is 1. The normalized spacial score (nSPS) is 14.5. The van der Waals surface area contributed by atoms with Gasteiger partial charge < -0.3 is 10.2 Å². The van der Waals surface area contributed by atoms with Crippen LogP contribution in [0.5, 0.6) is 0 Å². The molecule has 3 heterocycles. The Balaban J connectivity index is 1.35.